The number of thioether (sulfide) groups is 1. The van der Waals surface area contributed by atoms with Crippen molar-refractivity contribution >= 4 is 17.7 Å². The highest BCUT2D eigenvalue weighted by atomic mass is 32.2. The summed E-state index contributed by atoms with van der Waals surface area (Å²) in [5.41, 5.74) is 1.21. The molecule has 0 amide bonds. The number of hydrogen-bond donors (Lipinski definition) is 1. The van der Waals surface area contributed by atoms with Crippen LogP contribution >= 0.6 is 11.8 Å². The molecule has 5 heteroatoms. The van der Waals surface area contributed by atoms with Crippen LogP contribution in [0.15, 0.2) is 11.4 Å². The summed E-state index contributed by atoms with van der Waals surface area (Å²) in [5, 5.41) is 9.71. The van der Waals surface area contributed by atoms with Crippen LogP contribution in [0.3, 0.4) is 0 Å². The Balaban J connectivity index is 2.88. The second-order valence-corrected chi connectivity index (χ2v) is 6.77. The van der Waals surface area contributed by atoms with E-state index in [1.54, 1.807) is 0 Å². The minimum absolute atomic E-state index is 0.0697. The number of carboxylic acid groups (broad SMARTS) is 1. The number of hydrogen-bond acceptors (Lipinski definition) is 3. The maximum Gasteiger partial charge on any atom is 0.313 e. The van der Waals surface area contributed by atoms with Gasteiger partial charge in [0.2, 0.25) is 0 Å². The Hall–Kier alpha value is -0.970. The van der Waals surface area contributed by atoms with E-state index in [-0.39, 0.29) is 5.75 Å². The number of carboxylic acids is 1. The third-order valence-electron chi connectivity index (χ3n) is 3.75. The standard InChI is InChI=1S/C16H28N2O2S/c1-5-7-8-13(6-2)10-18-14(12(3)4)9-17-16(18)21-11-15(19)20/h9,12-13H,5-8,10-11H2,1-4H3,(H,19,20). The van der Waals surface area contributed by atoms with E-state index in [2.05, 4.69) is 37.2 Å². The van der Waals surface area contributed by atoms with Gasteiger partial charge < -0.3 is 9.67 Å². The molecule has 0 aromatic carbocycles. The monoisotopic (exact) mass is 312 g/mol. The second kappa shape index (κ2) is 9.13. The largest absolute Gasteiger partial charge is 0.481 e. The van der Waals surface area contributed by atoms with Gasteiger partial charge in [0.05, 0.1) is 5.75 Å². The SMILES string of the molecule is CCCCC(CC)Cn1c(C(C)C)cnc1SCC(=O)O. The Morgan fingerprint density at radius 1 is 1.43 bits per heavy atom. The Morgan fingerprint density at radius 3 is 2.67 bits per heavy atom. The first-order valence-corrected chi connectivity index (χ1v) is 8.88. The topological polar surface area (TPSA) is 55.1 Å². The zero-order valence-corrected chi connectivity index (χ0v) is 14.4. The van der Waals surface area contributed by atoms with E-state index < -0.39 is 5.97 Å². The predicted molar refractivity (Wildman–Crippen MR) is 88.0 cm³/mol. The fourth-order valence-electron chi connectivity index (χ4n) is 2.43. The molecule has 0 fully saturated rings. The van der Waals surface area contributed by atoms with E-state index in [1.807, 2.05) is 6.20 Å². The van der Waals surface area contributed by atoms with Gasteiger partial charge in [0.25, 0.3) is 0 Å². The molecule has 0 radical (unpaired) electrons. The van der Waals surface area contributed by atoms with Gasteiger partial charge in [0, 0.05) is 18.4 Å². The van der Waals surface area contributed by atoms with Crippen molar-refractivity contribution in [3.63, 3.8) is 0 Å². The highest BCUT2D eigenvalue weighted by Gasteiger charge is 2.17. The third-order valence-corrected chi connectivity index (χ3v) is 4.73. The van der Waals surface area contributed by atoms with E-state index in [0.29, 0.717) is 11.8 Å². The first kappa shape index (κ1) is 18.1. The first-order chi connectivity index (χ1) is 9.99. The van der Waals surface area contributed by atoms with Gasteiger partial charge in [-0.15, -0.1) is 0 Å². The molecule has 4 nitrogen and oxygen atoms in total. The molecule has 1 heterocycles. The molecule has 0 aliphatic carbocycles. The van der Waals surface area contributed by atoms with Crippen molar-refractivity contribution in [1.29, 1.82) is 0 Å². The molecule has 0 bridgehead atoms. The summed E-state index contributed by atoms with van der Waals surface area (Å²) in [7, 11) is 0. The van der Waals surface area contributed by atoms with Gasteiger partial charge in [0.1, 0.15) is 0 Å². The van der Waals surface area contributed by atoms with Crippen LogP contribution in [0, 0.1) is 5.92 Å². The summed E-state index contributed by atoms with van der Waals surface area (Å²) in [6, 6.07) is 0. The summed E-state index contributed by atoms with van der Waals surface area (Å²) >= 11 is 1.32. The highest BCUT2D eigenvalue weighted by molar-refractivity contribution is 7.99. The van der Waals surface area contributed by atoms with Gasteiger partial charge in [-0.05, 0) is 18.3 Å². The van der Waals surface area contributed by atoms with Crippen molar-refractivity contribution in [2.75, 3.05) is 5.75 Å². The van der Waals surface area contributed by atoms with E-state index in [4.69, 9.17) is 5.11 Å². The van der Waals surface area contributed by atoms with Crippen molar-refractivity contribution in [3.8, 4) is 0 Å². The van der Waals surface area contributed by atoms with E-state index in [1.165, 1.54) is 36.7 Å². The van der Waals surface area contributed by atoms with Gasteiger partial charge in [-0.1, -0.05) is 58.7 Å². The molecule has 0 saturated heterocycles. The zero-order chi connectivity index (χ0) is 15.8. The van der Waals surface area contributed by atoms with Gasteiger partial charge in [0.15, 0.2) is 5.16 Å². The molecule has 0 aliphatic rings. The van der Waals surface area contributed by atoms with E-state index in [0.717, 1.165) is 18.1 Å². The minimum Gasteiger partial charge on any atom is -0.481 e. The fourth-order valence-corrected chi connectivity index (χ4v) is 3.15. The Morgan fingerprint density at radius 2 is 2.14 bits per heavy atom. The molecule has 1 rings (SSSR count). The Bertz CT molecular complexity index is 443. The number of rotatable bonds is 10. The van der Waals surface area contributed by atoms with E-state index in [9.17, 15) is 4.79 Å². The van der Waals surface area contributed by atoms with Gasteiger partial charge in [-0.2, -0.15) is 0 Å². The van der Waals surface area contributed by atoms with Crippen LogP contribution in [-0.2, 0) is 11.3 Å². The molecular weight excluding hydrogens is 284 g/mol. The van der Waals surface area contributed by atoms with Gasteiger partial charge in [-0.25, -0.2) is 4.98 Å². The molecule has 1 aromatic heterocycles. The van der Waals surface area contributed by atoms with Crippen LogP contribution in [0.25, 0.3) is 0 Å². The van der Waals surface area contributed by atoms with Crippen LogP contribution in [0.5, 0.6) is 0 Å². The van der Waals surface area contributed by atoms with Crippen LogP contribution in [0.2, 0.25) is 0 Å². The smallest absolute Gasteiger partial charge is 0.313 e. The maximum absolute atomic E-state index is 10.8. The Labute approximate surface area is 132 Å². The summed E-state index contributed by atoms with van der Waals surface area (Å²) in [4.78, 5) is 15.2. The second-order valence-electron chi connectivity index (χ2n) is 5.83. The van der Waals surface area contributed by atoms with Crippen LogP contribution in [0.4, 0.5) is 0 Å². The van der Waals surface area contributed by atoms with Crippen molar-refractivity contribution < 1.29 is 9.90 Å². The lowest BCUT2D eigenvalue weighted by Gasteiger charge is -2.20. The predicted octanol–water partition coefficient (Wildman–Crippen LogP) is 4.40. The quantitative estimate of drug-likeness (QED) is 0.651. The number of nitrogens with zero attached hydrogens (tertiary/aromatic N) is 2. The molecule has 1 aromatic rings. The number of unbranched alkanes of at least 4 members (excludes halogenated alkanes) is 1. The highest BCUT2D eigenvalue weighted by Crippen LogP contribution is 2.26. The number of carbonyl (C=O) groups is 1. The van der Waals surface area contributed by atoms with Crippen LogP contribution in [-0.4, -0.2) is 26.4 Å². The van der Waals surface area contributed by atoms with Crippen LogP contribution in [0.1, 0.15) is 65.0 Å². The zero-order valence-electron chi connectivity index (χ0n) is 13.6. The maximum atomic E-state index is 10.8. The van der Waals surface area contributed by atoms with Crippen molar-refractivity contribution in [2.24, 2.45) is 5.92 Å². The minimum atomic E-state index is -0.793. The fraction of sp³-hybridized carbons (Fsp3) is 0.750. The van der Waals surface area contributed by atoms with Crippen molar-refractivity contribution in [3.05, 3.63) is 11.9 Å². The first-order valence-electron chi connectivity index (χ1n) is 7.89. The van der Waals surface area contributed by atoms with E-state index >= 15 is 0 Å². The average Bonchev–Trinajstić information content (AvgIpc) is 2.83. The lowest BCUT2D eigenvalue weighted by molar-refractivity contribution is -0.133. The molecular formula is C16H28N2O2S. The molecule has 21 heavy (non-hydrogen) atoms. The number of aromatic nitrogens is 2. The lowest BCUT2D eigenvalue weighted by atomic mass is 9.99. The van der Waals surface area contributed by atoms with Crippen molar-refractivity contribution in [2.45, 2.75) is 71.0 Å². The normalized spacial score (nSPS) is 12.8. The lowest BCUT2D eigenvalue weighted by Crippen LogP contribution is -2.15. The van der Waals surface area contributed by atoms with Gasteiger partial charge in [-0.3, -0.25) is 4.79 Å². The molecule has 0 saturated carbocycles. The average molecular weight is 312 g/mol. The van der Waals surface area contributed by atoms with Crippen LogP contribution < -0.4 is 0 Å². The molecule has 0 spiro atoms. The molecule has 1 atom stereocenters. The van der Waals surface area contributed by atoms with Crippen molar-refractivity contribution in [1.82, 2.24) is 9.55 Å². The molecule has 0 aliphatic heterocycles. The Kier molecular flexibility index (Phi) is 7.86. The number of imidazole rings is 1. The third kappa shape index (κ3) is 5.73. The summed E-state index contributed by atoms with van der Waals surface area (Å²) in [6.07, 6.45) is 6.76. The summed E-state index contributed by atoms with van der Waals surface area (Å²) < 4.78 is 2.24. The van der Waals surface area contributed by atoms with Gasteiger partial charge >= 0.3 is 5.97 Å². The summed E-state index contributed by atoms with van der Waals surface area (Å²) in [6.45, 7) is 9.72. The molecule has 1 unspecified atom stereocenters. The summed E-state index contributed by atoms with van der Waals surface area (Å²) in [5.74, 6) is 0.320. The molecule has 1 N–H and O–H groups in total. The number of aliphatic carboxylic acids is 1. The molecule has 120 valence electrons.